The molecule has 0 aliphatic carbocycles. The second-order valence-corrected chi connectivity index (χ2v) is 6.37. The normalized spacial score (nSPS) is 14.5. The zero-order valence-corrected chi connectivity index (χ0v) is 14.7. The highest BCUT2D eigenvalue weighted by Crippen LogP contribution is 2.20. The molecule has 1 N–H and O–H groups in total. The predicted molar refractivity (Wildman–Crippen MR) is 95.6 cm³/mol. The van der Waals surface area contributed by atoms with Crippen LogP contribution in [0.5, 0.6) is 0 Å². The molecule has 0 atom stereocenters. The van der Waals surface area contributed by atoms with Gasteiger partial charge in [0, 0.05) is 49.3 Å². The SMILES string of the molecule is Cc1ccc(NC(=O)N2CCN(C(=O)Cn3cccn3)CC2)cc1Cl. The van der Waals surface area contributed by atoms with Crippen molar-refractivity contribution in [3.63, 3.8) is 0 Å². The minimum atomic E-state index is -0.181. The number of carbonyl (C=O) groups is 2. The fourth-order valence-electron chi connectivity index (χ4n) is 2.66. The third-order valence-corrected chi connectivity index (χ3v) is 4.61. The van der Waals surface area contributed by atoms with Crippen LogP contribution in [0.25, 0.3) is 0 Å². The van der Waals surface area contributed by atoms with Crippen molar-refractivity contribution in [3.05, 3.63) is 47.2 Å². The van der Waals surface area contributed by atoms with Crippen molar-refractivity contribution in [1.29, 1.82) is 0 Å². The number of aromatic nitrogens is 2. The van der Waals surface area contributed by atoms with E-state index in [9.17, 15) is 9.59 Å². The van der Waals surface area contributed by atoms with E-state index in [1.165, 1.54) is 0 Å². The first-order valence-corrected chi connectivity index (χ1v) is 8.48. The van der Waals surface area contributed by atoms with Crippen LogP contribution in [-0.2, 0) is 11.3 Å². The molecule has 25 heavy (non-hydrogen) atoms. The summed E-state index contributed by atoms with van der Waals surface area (Å²) in [4.78, 5) is 28.0. The minimum Gasteiger partial charge on any atom is -0.338 e. The molecule has 3 amide bonds. The summed E-state index contributed by atoms with van der Waals surface area (Å²) in [6.45, 7) is 4.16. The molecule has 1 fully saturated rings. The number of carbonyl (C=O) groups excluding carboxylic acids is 2. The Morgan fingerprint density at radius 1 is 1.20 bits per heavy atom. The number of hydrogen-bond donors (Lipinski definition) is 1. The van der Waals surface area contributed by atoms with E-state index in [0.29, 0.717) is 36.9 Å². The van der Waals surface area contributed by atoms with E-state index in [2.05, 4.69) is 10.4 Å². The molecule has 1 saturated heterocycles. The van der Waals surface area contributed by atoms with Crippen LogP contribution in [0.3, 0.4) is 0 Å². The van der Waals surface area contributed by atoms with Crippen molar-refractivity contribution in [2.24, 2.45) is 0 Å². The van der Waals surface area contributed by atoms with Gasteiger partial charge in [-0.05, 0) is 30.7 Å². The molecule has 0 radical (unpaired) electrons. The number of anilines is 1. The number of piperazine rings is 1. The zero-order valence-electron chi connectivity index (χ0n) is 14.0. The van der Waals surface area contributed by atoms with Gasteiger partial charge in [0.15, 0.2) is 0 Å². The highest BCUT2D eigenvalue weighted by atomic mass is 35.5. The molecule has 0 bridgehead atoms. The molecule has 1 aliphatic heterocycles. The Morgan fingerprint density at radius 3 is 2.56 bits per heavy atom. The summed E-state index contributed by atoms with van der Waals surface area (Å²) < 4.78 is 1.60. The van der Waals surface area contributed by atoms with Gasteiger partial charge >= 0.3 is 6.03 Å². The number of hydrogen-bond acceptors (Lipinski definition) is 3. The van der Waals surface area contributed by atoms with Gasteiger partial charge in [-0.2, -0.15) is 5.10 Å². The van der Waals surface area contributed by atoms with Crippen LogP contribution in [0.2, 0.25) is 5.02 Å². The van der Waals surface area contributed by atoms with Gasteiger partial charge < -0.3 is 15.1 Å². The Hall–Kier alpha value is -2.54. The van der Waals surface area contributed by atoms with Crippen LogP contribution in [0.15, 0.2) is 36.7 Å². The summed E-state index contributed by atoms with van der Waals surface area (Å²) in [7, 11) is 0. The standard InChI is InChI=1S/C17H20ClN5O2/c1-13-3-4-14(11-15(13)18)20-17(25)22-9-7-21(8-10-22)16(24)12-23-6-2-5-19-23/h2-6,11H,7-10,12H2,1H3,(H,20,25). The smallest absolute Gasteiger partial charge is 0.321 e. The molecule has 7 nitrogen and oxygen atoms in total. The number of amides is 3. The van der Waals surface area contributed by atoms with E-state index in [0.717, 1.165) is 5.56 Å². The fraction of sp³-hybridized carbons (Fsp3) is 0.353. The molecule has 1 aliphatic rings. The molecular formula is C17H20ClN5O2. The average molecular weight is 362 g/mol. The first-order valence-electron chi connectivity index (χ1n) is 8.10. The summed E-state index contributed by atoms with van der Waals surface area (Å²) in [6.07, 6.45) is 3.40. The Kier molecular flexibility index (Phi) is 5.23. The van der Waals surface area contributed by atoms with Crippen LogP contribution < -0.4 is 5.32 Å². The van der Waals surface area contributed by atoms with Crippen LogP contribution in [-0.4, -0.2) is 57.7 Å². The van der Waals surface area contributed by atoms with Gasteiger partial charge in [-0.3, -0.25) is 9.48 Å². The molecular weight excluding hydrogens is 342 g/mol. The lowest BCUT2D eigenvalue weighted by Crippen LogP contribution is -2.52. The number of halogens is 1. The lowest BCUT2D eigenvalue weighted by Gasteiger charge is -2.34. The third-order valence-electron chi connectivity index (χ3n) is 4.20. The van der Waals surface area contributed by atoms with Crippen molar-refractivity contribution in [2.75, 3.05) is 31.5 Å². The summed E-state index contributed by atoms with van der Waals surface area (Å²) in [5.41, 5.74) is 1.63. The van der Waals surface area contributed by atoms with Gasteiger partial charge in [0.1, 0.15) is 6.54 Å². The molecule has 1 aromatic carbocycles. The molecule has 0 saturated carbocycles. The van der Waals surface area contributed by atoms with Gasteiger partial charge in [-0.1, -0.05) is 17.7 Å². The highest BCUT2D eigenvalue weighted by molar-refractivity contribution is 6.31. The number of rotatable bonds is 3. The molecule has 3 rings (SSSR count). The van der Waals surface area contributed by atoms with Crippen molar-refractivity contribution in [2.45, 2.75) is 13.5 Å². The minimum absolute atomic E-state index is 0.00840. The molecule has 0 spiro atoms. The van der Waals surface area contributed by atoms with Crippen molar-refractivity contribution in [3.8, 4) is 0 Å². The van der Waals surface area contributed by atoms with Crippen molar-refractivity contribution < 1.29 is 9.59 Å². The summed E-state index contributed by atoms with van der Waals surface area (Å²) >= 11 is 6.08. The zero-order chi connectivity index (χ0) is 17.8. The highest BCUT2D eigenvalue weighted by Gasteiger charge is 2.24. The quantitative estimate of drug-likeness (QED) is 0.911. The summed E-state index contributed by atoms with van der Waals surface area (Å²) in [5.74, 6) is 0.00840. The van der Waals surface area contributed by atoms with E-state index in [-0.39, 0.29) is 18.5 Å². The monoisotopic (exact) mass is 361 g/mol. The molecule has 2 aromatic rings. The molecule has 8 heteroatoms. The predicted octanol–water partition coefficient (Wildman–Crippen LogP) is 2.22. The lowest BCUT2D eigenvalue weighted by atomic mass is 10.2. The van der Waals surface area contributed by atoms with E-state index in [1.807, 2.05) is 19.1 Å². The Morgan fingerprint density at radius 2 is 1.92 bits per heavy atom. The van der Waals surface area contributed by atoms with E-state index in [4.69, 9.17) is 11.6 Å². The number of benzene rings is 1. The number of aryl methyl sites for hydroxylation is 1. The number of nitrogens with zero attached hydrogens (tertiary/aromatic N) is 4. The topological polar surface area (TPSA) is 70.5 Å². The van der Waals surface area contributed by atoms with E-state index < -0.39 is 0 Å². The molecule has 2 heterocycles. The molecule has 132 valence electrons. The maximum atomic E-state index is 12.4. The first kappa shape index (κ1) is 17.3. The Labute approximate surface area is 151 Å². The van der Waals surface area contributed by atoms with Gasteiger partial charge in [0.05, 0.1) is 0 Å². The summed E-state index contributed by atoms with van der Waals surface area (Å²) in [6, 6.07) is 7.03. The van der Waals surface area contributed by atoms with Gasteiger partial charge in [0.25, 0.3) is 0 Å². The molecule has 1 aromatic heterocycles. The third kappa shape index (κ3) is 4.30. The van der Waals surface area contributed by atoms with Crippen LogP contribution in [0.4, 0.5) is 10.5 Å². The fourth-order valence-corrected chi connectivity index (χ4v) is 2.85. The van der Waals surface area contributed by atoms with Gasteiger partial charge in [0.2, 0.25) is 5.91 Å². The van der Waals surface area contributed by atoms with E-state index in [1.54, 1.807) is 39.0 Å². The second-order valence-electron chi connectivity index (χ2n) is 5.97. The Bertz CT molecular complexity index is 754. The largest absolute Gasteiger partial charge is 0.338 e. The van der Waals surface area contributed by atoms with Crippen molar-refractivity contribution >= 4 is 29.2 Å². The van der Waals surface area contributed by atoms with Crippen molar-refractivity contribution in [1.82, 2.24) is 19.6 Å². The second kappa shape index (κ2) is 7.57. The summed E-state index contributed by atoms with van der Waals surface area (Å²) in [5, 5.41) is 7.50. The van der Waals surface area contributed by atoms with Crippen LogP contribution >= 0.6 is 11.6 Å². The van der Waals surface area contributed by atoms with Crippen LogP contribution in [0.1, 0.15) is 5.56 Å². The average Bonchev–Trinajstić information content (AvgIpc) is 3.11. The maximum absolute atomic E-state index is 12.4. The maximum Gasteiger partial charge on any atom is 0.321 e. The van der Waals surface area contributed by atoms with Crippen LogP contribution in [0, 0.1) is 6.92 Å². The Balaban J connectivity index is 1.50. The van der Waals surface area contributed by atoms with Gasteiger partial charge in [-0.15, -0.1) is 0 Å². The number of nitrogens with one attached hydrogen (secondary N) is 1. The van der Waals surface area contributed by atoms with Gasteiger partial charge in [-0.25, -0.2) is 4.79 Å². The van der Waals surface area contributed by atoms with E-state index >= 15 is 0 Å². The molecule has 0 unspecified atom stereocenters. The number of urea groups is 1. The first-order chi connectivity index (χ1) is 12.0. The lowest BCUT2D eigenvalue weighted by molar-refractivity contribution is -0.133.